The van der Waals surface area contributed by atoms with Crippen LogP contribution in [0, 0.1) is 6.92 Å². The zero-order valence-corrected chi connectivity index (χ0v) is 12.1. The number of carboxylic acid groups (broad SMARTS) is 1. The highest BCUT2D eigenvalue weighted by molar-refractivity contribution is 9.10. The van der Waals surface area contributed by atoms with Crippen LogP contribution in [-0.4, -0.2) is 20.9 Å². The summed E-state index contributed by atoms with van der Waals surface area (Å²) in [6, 6.07) is 5.99. The van der Waals surface area contributed by atoms with Crippen LogP contribution in [0.15, 0.2) is 22.7 Å². The van der Waals surface area contributed by atoms with Crippen molar-refractivity contribution >= 4 is 21.9 Å². The molecule has 2 aromatic rings. The van der Waals surface area contributed by atoms with Crippen LogP contribution >= 0.6 is 15.9 Å². The molecule has 0 spiro atoms. The van der Waals surface area contributed by atoms with Gasteiger partial charge >= 0.3 is 5.97 Å². The number of hydrogen-bond acceptors (Lipinski definition) is 2. The SMILES string of the molecule is Cc1ccc(Br)c(-n2nc(C(=O)O)c3c2CCC3)c1. The number of aromatic nitrogens is 2. The largest absolute Gasteiger partial charge is 0.476 e. The fourth-order valence-corrected chi connectivity index (χ4v) is 3.01. The Bertz CT molecular complexity index is 676. The molecule has 1 aromatic carbocycles. The zero-order chi connectivity index (χ0) is 13.6. The summed E-state index contributed by atoms with van der Waals surface area (Å²) >= 11 is 3.51. The van der Waals surface area contributed by atoms with Gasteiger partial charge in [-0.1, -0.05) is 6.07 Å². The van der Waals surface area contributed by atoms with Crippen LogP contribution in [0.4, 0.5) is 0 Å². The Labute approximate surface area is 119 Å². The van der Waals surface area contributed by atoms with E-state index in [1.54, 1.807) is 4.68 Å². The number of benzene rings is 1. The van der Waals surface area contributed by atoms with Crippen molar-refractivity contribution in [2.24, 2.45) is 0 Å². The molecule has 1 N–H and O–H groups in total. The second-order valence-electron chi connectivity index (χ2n) is 4.80. The van der Waals surface area contributed by atoms with E-state index in [0.717, 1.165) is 46.2 Å². The molecule has 98 valence electrons. The molecule has 0 aliphatic heterocycles. The summed E-state index contributed by atoms with van der Waals surface area (Å²) in [6.45, 7) is 2.01. The maximum absolute atomic E-state index is 11.3. The molecule has 4 nitrogen and oxygen atoms in total. The molecule has 0 unspecified atom stereocenters. The third-order valence-electron chi connectivity index (χ3n) is 3.46. The third-order valence-corrected chi connectivity index (χ3v) is 4.13. The number of fused-ring (bicyclic) bond motifs is 1. The third kappa shape index (κ3) is 1.98. The normalized spacial score (nSPS) is 13.6. The van der Waals surface area contributed by atoms with Crippen LogP contribution in [-0.2, 0) is 12.8 Å². The van der Waals surface area contributed by atoms with Gasteiger partial charge in [0, 0.05) is 15.7 Å². The van der Waals surface area contributed by atoms with Crippen LogP contribution in [0.1, 0.15) is 33.7 Å². The molecule has 5 heteroatoms. The van der Waals surface area contributed by atoms with Gasteiger partial charge in [-0.3, -0.25) is 0 Å². The van der Waals surface area contributed by atoms with Crippen molar-refractivity contribution in [3.63, 3.8) is 0 Å². The van der Waals surface area contributed by atoms with Crippen molar-refractivity contribution in [1.82, 2.24) is 9.78 Å². The van der Waals surface area contributed by atoms with E-state index in [9.17, 15) is 9.90 Å². The topological polar surface area (TPSA) is 55.1 Å². The molecule has 19 heavy (non-hydrogen) atoms. The fourth-order valence-electron chi connectivity index (χ4n) is 2.59. The van der Waals surface area contributed by atoms with Crippen LogP contribution in [0.2, 0.25) is 0 Å². The van der Waals surface area contributed by atoms with E-state index >= 15 is 0 Å². The van der Waals surface area contributed by atoms with Gasteiger partial charge in [0.2, 0.25) is 0 Å². The molecule has 1 aliphatic rings. The Hall–Kier alpha value is -1.62. The van der Waals surface area contributed by atoms with E-state index < -0.39 is 5.97 Å². The van der Waals surface area contributed by atoms with E-state index in [1.807, 2.05) is 25.1 Å². The first-order valence-corrected chi connectivity index (χ1v) is 6.98. The predicted octanol–water partition coefficient (Wildman–Crippen LogP) is 3.13. The lowest BCUT2D eigenvalue weighted by Crippen LogP contribution is -2.05. The first-order valence-electron chi connectivity index (χ1n) is 6.18. The molecular formula is C14H13BrN2O2. The molecule has 1 aliphatic carbocycles. The highest BCUT2D eigenvalue weighted by Crippen LogP contribution is 2.30. The lowest BCUT2D eigenvalue weighted by Gasteiger charge is -2.08. The van der Waals surface area contributed by atoms with Gasteiger partial charge in [-0.05, 0) is 59.8 Å². The number of nitrogens with zero attached hydrogens (tertiary/aromatic N) is 2. The van der Waals surface area contributed by atoms with E-state index in [1.165, 1.54) is 0 Å². The van der Waals surface area contributed by atoms with Crippen molar-refractivity contribution in [3.8, 4) is 5.69 Å². The van der Waals surface area contributed by atoms with E-state index in [-0.39, 0.29) is 5.69 Å². The quantitative estimate of drug-likeness (QED) is 0.924. The molecule has 0 fully saturated rings. The van der Waals surface area contributed by atoms with Gasteiger partial charge < -0.3 is 5.11 Å². The number of rotatable bonds is 2. The van der Waals surface area contributed by atoms with Gasteiger partial charge in [0.25, 0.3) is 0 Å². The number of carbonyl (C=O) groups is 1. The number of aryl methyl sites for hydroxylation is 1. The van der Waals surface area contributed by atoms with Crippen LogP contribution in [0.3, 0.4) is 0 Å². The smallest absolute Gasteiger partial charge is 0.356 e. The maximum Gasteiger partial charge on any atom is 0.356 e. The summed E-state index contributed by atoms with van der Waals surface area (Å²) in [6.07, 6.45) is 2.69. The molecule has 0 atom stereocenters. The van der Waals surface area contributed by atoms with E-state index in [2.05, 4.69) is 21.0 Å². The summed E-state index contributed by atoms with van der Waals surface area (Å²) in [5, 5.41) is 13.5. The Morgan fingerprint density at radius 2 is 2.21 bits per heavy atom. The number of aromatic carboxylic acids is 1. The molecule has 1 heterocycles. The predicted molar refractivity (Wildman–Crippen MR) is 75.0 cm³/mol. The Balaban J connectivity index is 2.23. The number of halogens is 1. The van der Waals surface area contributed by atoms with Gasteiger partial charge in [0.1, 0.15) is 0 Å². The second kappa shape index (κ2) is 4.49. The monoisotopic (exact) mass is 320 g/mol. The lowest BCUT2D eigenvalue weighted by molar-refractivity contribution is 0.0689. The minimum atomic E-state index is -0.944. The number of hydrogen-bond donors (Lipinski definition) is 1. The van der Waals surface area contributed by atoms with Crippen LogP contribution in [0.25, 0.3) is 5.69 Å². The Morgan fingerprint density at radius 1 is 1.42 bits per heavy atom. The van der Waals surface area contributed by atoms with Gasteiger partial charge in [-0.2, -0.15) is 5.10 Å². The standard InChI is InChI=1S/C14H13BrN2O2/c1-8-5-6-10(15)12(7-8)17-11-4-2-3-9(11)13(16-17)14(18)19/h5-7H,2-4H2,1H3,(H,18,19). The summed E-state index contributed by atoms with van der Waals surface area (Å²) in [7, 11) is 0. The highest BCUT2D eigenvalue weighted by Gasteiger charge is 2.27. The summed E-state index contributed by atoms with van der Waals surface area (Å²) in [4.78, 5) is 11.3. The van der Waals surface area contributed by atoms with Gasteiger partial charge in [0.15, 0.2) is 5.69 Å². The summed E-state index contributed by atoms with van der Waals surface area (Å²) in [5.74, 6) is -0.944. The van der Waals surface area contributed by atoms with E-state index in [0.29, 0.717) is 0 Å². The lowest BCUT2D eigenvalue weighted by atomic mass is 10.2. The zero-order valence-electron chi connectivity index (χ0n) is 10.5. The molecule has 3 rings (SSSR count). The van der Waals surface area contributed by atoms with Crippen molar-refractivity contribution in [1.29, 1.82) is 0 Å². The van der Waals surface area contributed by atoms with Crippen molar-refractivity contribution < 1.29 is 9.90 Å². The fraction of sp³-hybridized carbons (Fsp3) is 0.286. The highest BCUT2D eigenvalue weighted by atomic mass is 79.9. The Kier molecular flexibility index (Phi) is 2.93. The molecule has 0 bridgehead atoms. The average Bonchev–Trinajstić information content (AvgIpc) is 2.93. The van der Waals surface area contributed by atoms with Crippen molar-refractivity contribution in [3.05, 3.63) is 45.2 Å². The molecular weight excluding hydrogens is 308 g/mol. The number of carboxylic acids is 1. The Morgan fingerprint density at radius 3 is 2.95 bits per heavy atom. The van der Waals surface area contributed by atoms with Gasteiger partial charge in [-0.25, -0.2) is 9.48 Å². The average molecular weight is 321 g/mol. The first-order chi connectivity index (χ1) is 9.08. The van der Waals surface area contributed by atoms with Crippen molar-refractivity contribution in [2.45, 2.75) is 26.2 Å². The molecule has 1 aromatic heterocycles. The summed E-state index contributed by atoms with van der Waals surface area (Å²) in [5.41, 5.74) is 4.15. The molecule has 0 saturated heterocycles. The maximum atomic E-state index is 11.3. The molecule has 0 saturated carbocycles. The minimum Gasteiger partial charge on any atom is -0.476 e. The second-order valence-corrected chi connectivity index (χ2v) is 5.65. The van der Waals surface area contributed by atoms with Gasteiger partial charge in [0.05, 0.1) is 5.69 Å². The molecule has 0 radical (unpaired) electrons. The molecule has 0 amide bonds. The van der Waals surface area contributed by atoms with Crippen molar-refractivity contribution in [2.75, 3.05) is 0 Å². The van der Waals surface area contributed by atoms with E-state index in [4.69, 9.17) is 0 Å². The minimum absolute atomic E-state index is 0.195. The summed E-state index contributed by atoms with van der Waals surface area (Å²) < 4.78 is 2.70. The van der Waals surface area contributed by atoms with Crippen LogP contribution < -0.4 is 0 Å². The van der Waals surface area contributed by atoms with Crippen LogP contribution in [0.5, 0.6) is 0 Å². The van der Waals surface area contributed by atoms with Gasteiger partial charge in [-0.15, -0.1) is 0 Å². The first kappa shape index (κ1) is 12.4.